The van der Waals surface area contributed by atoms with E-state index in [0.29, 0.717) is 27.8 Å². The second-order valence-electron chi connectivity index (χ2n) is 4.71. The Kier molecular flexibility index (Phi) is 4.95. The Labute approximate surface area is 150 Å². The fourth-order valence-corrected chi connectivity index (χ4v) is 3.38. The van der Waals surface area contributed by atoms with Gasteiger partial charge >= 0.3 is 0 Å². The summed E-state index contributed by atoms with van der Waals surface area (Å²) < 4.78 is 7.11. The number of rotatable bonds is 5. The number of aryl methyl sites for hydroxylation is 1. The second-order valence-corrected chi connectivity index (χ2v) is 7.67. The molecule has 112 valence electrons. The lowest BCUT2D eigenvalue weighted by Crippen LogP contribution is -1.97. The maximum absolute atomic E-state index is 12.0. The third-order valence-corrected chi connectivity index (χ3v) is 5.14. The molecule has 3 nitrogen and oxygen atoms in total. The largest absolute Gasteiger partial charge is 0.361 e. The van der Waals surface area contributed by atoms with Crippen molar-refractivity contribution in [3.63, 3.8) is 0 Å². The average Bonchev–Trinajstić information content (AvgIpc) is 3.15. The summed E-state index contributed by atoms with van der Waals surface area (Å²) in [6.45, 7) is 0. The van der Waals surface area contributed by atoms with Crippen LogP contribution in [0.25, 0.3) is 11.3 Å². The van der Waals surface area contributed by atoms with E-state index >= 15 is 0 Å². The van der Waals surface area contributed by atoms with Gasteiger partial charge in [0.05, 0.1) is 9.21 Å². The lowest BCUT2D eigenvalue weighted by atomic mass is 10.1. The van der Waals surface area contributed by atoms with Crippen molar-refractivity contribution in [1.29, 1.82) is 0 Å². The van der Waals surface area contributed by atoms with Crippen molar-refractivity contribution in [3.05, 3.63) is 61.0 Å². The van der Waals surface area contributed by atoms with E-state index in [1.807, 2.05) is 30.3 Å². The topological polar surface area (TPSA) is 43.1 Å². The summed E-state index contributed by atoms with van der Waals surface area (Å²) in [7, 11) is 0. The van der Waals surface area contributed by atoms with E-state index in [1.54, 1.807) is 12.1 Å². The first-order valence-electron chi connectivity index (χ1n) is 6.62. The quantitative estimate of drug-likeness (QED) is 0.387. The summed E-state index contributed by atoms with van der Waals surface area (Å²) in [4.78, 5) is 12.7. The van der Waals surface area contributed by atoms with Crippen LogP contribution in [0.1, 0.15) is 21.9 Å². The van der Waals surface area contributed by atoms with Crippen LogP contribution in [-0.2, 0) is 6.42 Å². The van der Waals surface area contributed by atoms with Crippen LogP contribution >= 0.6 is 45.5 Å². The van der Waals surface area contributed by atoms with Gasteiger partial charge in [-0.1, -0.05) is 28.9 Å². The maximum Gasteiger partial charge on any atom is 0.173 e. The molecule has 0 radical (unpaired) electrons. The molecule has 0 aliphatic rings. The average molecular weight is 444 g/mol. The fraction of sp³-hybridized carbons (Fsp3) is 0.125. The molecule has 0 fully saturated rings. The van der Waals surface area contributed by atoms with Crippen LogP contribution in [0.15, 0.2) is 47.0 Å². The molecule has 1 aromatic carbocycles. The molecule has 0 aliphatic heterocycles. The zero-order valence-corrected chi connectivity index (χ0v) is 15.1. The molecule has 0 saturated carbocycles. The van der Waals surface area contributed by atoms with E-state index in [2.05, 4.69) is 27.7 Å². The minimum atomic E-state index is 0.0733. The Morgan fingerprint density at radius 1 is 1.23 bits per heavy atom. The number of halogens is 2. The summed E-state index contributed by atoms with van der Waals surface area (Å²) in [5, 5.41) is 4.06. The van der Waals surface area contributed by atoms with Crippen LogP contribution in [0.5, 0.6) is 0 Å². The zero-order valence-electron chi connectivity index (χ0n) is 11.4. The molecule has 0 amide bonds. The molecule has 22 heavy (non-hydrogen) atoms. The van der Waals surface area contributed by atoms with Crippen LogP contribution in [0.2, 0.25) is 4.34 Å². The minimum Gasteiger partial charge on any atom is -0.361 e. The van der Waals surface area contributed by atoms with E-state index in [-0.39, 0.29) is 5.78 Å². The smallest absolute Gasteiger partial charge is 0.173 e. The standard InChI is InChI=1S/C16H11ClINO2S/c17-16-8-7-15(22-16)14(20)6-5-12-9-13(19-21-12)10-1-3-11(18)4-2-10/h1-4,7-9H,5-6H2. The number of aromatic nitrogens is 1. The van der Waals surface area contributed by atoms with Gasteiger partial charge in [0.25, 0.3) is 0 Å². The first-order chi connectivity index (χ1) is 10.6. The molecule has 0 N–H and O–H groups in total. The molecule has 0 atom stereocenters. The number of thiophene rings is 1. The van der Waals surface area contributed by atoms with Gasteiger partial charge in [0, 0.05) is 28.0 Å². The van der Waals surface area contributed by atoms with Gasteiger partial charge in [-0.2, -0.15) is 0 Å². The number of benzene rings is 1. The highest BCUT2D eigenvalue weighted by atomic mass is 127. The molecular formula is C16H11ClINO2S. The molecule has 0 spiro atoms. The number of hydrogen-bond donors (Lipinski definition) is 0. The normalized spacial score (nSPS) is 10.8. The van der Waals surface area contributed by atoms with Gasteiger partial charge in [0.1, 0.15) is 11.5 Å². The Bertz CT molecular complexity index is 795. The first-order valence-corrected chi connectivity index (χ1v) is 8.89. The molecule has 2 aromatic heterocycles. The van der Waals surface area contributed by atoms with Gasteiger partial charge < -0.3 is 4.52 Å². The Morgan fingerprint density at radius 2 is 2.00 bits per heavy atom. The number of carbonyl (C=O) groups excluding carboxylic acids is 1. The zero-order chi connectivity index (χ0) is 15.5. The summed E-state index contributed by atoms with van der Waals surface area (Å²) in [6.07, 6.45) is 0.921. The van der Waals surface area contributed by atoms with Gasteiger partial charge in [0.2, 0.25) is 0 Å². The first kappa shape index (κ1) is 15.7. The van der Waals surface area contributed by atoms with Crippen molar-refractivity contribution in [3.8, 4) is 11.3 Å². The fourth-order valence-electron chi connectivity index (χ4n) is 2.01. The van der Waals surface area contributed by atoms with E-state index in [1.165, 1.54) is 14.9 Å². The molecule has 3 aromatic rings. The Hall–Kier alpha value is -1.18. The highest BCUT2D eigenvalue weighted by Gasteiger charge is 2.12. The predicted molar refractivity (Wildman–Crippen MR) is 96.6 cm³/mol. The number of ketones is 1. The minimum absolute atomic E-state index is 0.0733. The SMILES string of the molecule is O=C(CCc1cc(-c2ccc(I)cc2)no1)c1ccc(Cl)s1. The third-order valence-electron chi connectivity index (χ3n) is 3.15. The van der Waals surface area contributed by atoms with Gasteiger partial charge in [0.15, 0.2) is 5.78 Å². The van der Waals surface area contributed by atoms with Gasteiger partial charge in [-0.25, -0.2) is 0 Å². The lowest BCUT2D eigenvalue weighted by molar-refractivity contribution is 0.0984. The van der Waals surface area contributed by atoms with Crippen LogP contribution in [0.3, 0.4) is 0 Å². The van der Waals surface area contributed by atoms with Crippen molar-refractivity contribution in [2.75, 3.05) is 0 Å². The van der Waals surface area contributed by atoms with E-state index in [4.69, 9.17) is 16.1 Å². The van der Waals surface area contributed by atoms with Crippen LogP contribution in [0.4, 0.5) is 0 Å². The van der Waals surface area contributed by atoms with E-state index in [9.17, 15) is 4.79 Å². The molecule has 0 unspecified atom stereocenters. The van der Waals surface area contributed by atoms with Crippen molar-refractivity contribution in [2.45, 2.75) is 12.8 Å². The molecule has 6 heteroatoms. The molecular weight excluding hydrogens is 433 g/mol. The number of hydrogen-bond acceptors (Lipinski definition) is 4. The monoisotopic (exact) mass is 443 g/mol. The Morgan fingerprint density at radius 3 is 2.68 bits per heavy atom. The summed E-state index contributed by atoms with van der Waals surface area (Å²) in [6, 6.07) is 13.4. The van der Waals surface area contributed by atoms with Crippen molar-refractivity contribution >= 4 is 51.3 Å². The van der Waals surface area contributed by atoms with Crippen LogP contribution < -0.4 is 0 Å². The van der Waals surface area contributed by atoms with E-state index < -0.39 is 0 Å². The summed E-state index contributed by atoms with van der Waals surface area (Å²) in [5.74, 6) is 0.786. The highest BCUT2D eigenvalue weighted by molar-refractivity contribution is 14.1. The molecule has 2 heterocycles. The van der Waals surface area contributed by atoms with Crippen LogP contribution in [0, 0.1) is 3.57 Å². The number of carbonyl (C=O) groups is 1. The van der Waals surface area contributed by atoms with Crippen molar-refractivity contribution in [2.24, 2.45) is 0 Å². The maximum atomic E-state index is 12.0. The number of nitrogens with zero attached hydrogens (tertiary/aromatic N) is 1. The Balaban J connectivity index is 1.64. The van der Waals surface area contributed by atoms with Crippen LogP contribution in [-0.4, -0.2) is 10.9 Å². The summed E-state index contributed by atoms with van der Waals surface area (Å²) >= 11 is 9.40. The molecule has 0 saturated heterocycles. The molecule has 3 rings (SSSR count). The second kappa shape index (κ2) is 6.93. The van der Waals surface area contributed by atoms with Crippen molar-refractivity contribution in [1.82, 2.24) is 5.16 Å². The number of Topliss-reactive ketones (excluding diaryl/α,β-unsaturated/α-hetero) is 1. The van der Waals surface area contributed by atoms with Gasteiger partial charge in [-0.05, 0) is 46.9 Å². The highest BCUT2D eigenvalue weighted by Crippen LogP contribution is 2.24. The van der Waals surface area contributed by atoms with Crippen molar-refractivity contribution < 1.29 is 9.32 Å². The van der Waals surface area contributed by atoms with E-state index in [0.717, 1.165) is 11.3 Å². The lowest BCUT2D eigenvalue weighted by Gasteiger charge is -1.95. The third kappa shape index (κ3) is 3.77. The van der Waals surface area contributed by atoms with Gasteiger partial charge in [-0.3, -0.25) is 4.79 Å². The molecule has 0 aliphatic carbocycles. The molecule has 0 bridgehead atoms. The van der Waals surface area contributed by atoms with Gasteiger partial charge in [-0.15, -0.1) is 11.3 Å². The predicted octanol–water partition coefficient (Wildman–Crippen LogP) is 5.48. The summed E-state index contributed by atoms with van der Waals surface area (Å²) in [5.41, 5.74) is 1.80.